The molecule has 178 valence electrons. The molecule has 0 atom stereocenters. The van der Waals surface area contributed by atoms with Crippen molar-refractivity contribution in [3.8, 4) is 11.5 Å². The highest BCUT2D eigenvalue weighted by Crippen LogP contribution is 2.27. The Morgan fingerprint density at radius 2 is 1.74 bits per heavy atom. The second kappa shape index (κ2) is 11.8. The number of rotatable bonds is 10. The van der Waals surface area contributed by atoms with Crippen LogP contribution in [0.4, 0.5) is 5.69 Å². The molecule has 34 heavy (non-hydrogen) atoms. The number of amides is 2. The molecule has 0 unspecified atom stereocenters. The first-order chi connectivity index (χ1) is 16.4. The van der Waals surface area contributed by atoms with Gasteiger partial charge in [-0.1, -0.05) is 17.7 Å². The van der Waals surface area contributed by atoms with Crippen molar-refractivity contribution < 1.29 is 28.6 Å². The summed E-state index contributed by atoms with van der Waals surface area (Å²) in [7, 11) is 2.97. The van der Waals surface area contributed by atoms with Crippen LogP contribution in [0.25, 0.3) is 0 Å². The van der Waals surface area contributed by atoms with Crippen molar-refractivity contribution in [2.45, 2.75) is 20.0 Å². The molecule has 2 N–H and O–H groups in total. The zero-order chi connectivity index (χ0) is 24.5. The topological polar surface area (TPSA) is 116 Å². The van der Waals surface area contributed by atoms with Gasteiger partial charge in [-0.05, 0) is 37.3 Å². The van der Waals surface area contributed by atoms with Crippen molar-refractivity contribution in [1.82, 2.24) is 10.3 Å². The molecule has 0 saturated heterocycles. The molecular weight excluding hydrogens is 458 g/mol. The van der Waals surface area contributed by atoms with Gasteiger partial charge in [0.1, 0.15) is 18.2 Å². The highest BCUT2D eigenvalue weighted by Gasteiger charge is 2.14. The summed E-state index contributed by atoms with van der Waals surface area (Å²) in [6.45, 7) is 1.62. The molecule has 0 spiro atoms. The summed E-state index contributed by atoms with van der Waals surface area (Å²) in [5.74, 6) is -0.341. The largest absolute Gasteiger partial charge is 0.493 e. The lowest BCUT2D eigenvalue weighted by molar-refractivity contribution is -0.143. The van der Waals surface area contributed by atoms with Crippen LogP contribution in [0.3, 0.4) is 0 Å². The lowest BCUT2D eigenvalue weighted by Gasteiger charge is -2.10. The van der Waals surface area contributed by atoms with Gasteiger partial charge < -0.3 is 24.8 Å². The SMILES string of the molecule is COc1ccc(C(=O)NCC(=O)OCc2csc(CC(=O)Nc3ccc(C)cc3)n2)cc1OC. The molecule has 1 heterocycles. The summed E-state index contributed by atoms with van der Waals surface area (Å²) in [6.07, 6.45) is 0.119. The number of thiazole rings is 1. The minimum atomic E-state index is -0.611. The lowest BCUT2D eigenvalue weighted by atomic mass is 10.2. The number of anilines is 1. The van der Waals surface area contributed by atoms with Crippen molar-refractivity contribution in [2.24, 2.45) is 0 Å². The first kappa shape index (κ1) is 24.7. The van der Waals surface area contributed by atoms with E-state index < -0.39 is 11.9 Å². The van der Waals surface area contributed by atoms with Crippen molar-refractivity contribution in [1.29, 1.82) is 0 Å². The number of esters is 1. The number of aryl methyl sites for hydroxylation is 1. The zero-order valence-corrected chi connectivity index (χ0v) is 19.9. The average Bonchev–Trinajstić information content (AvgIpc) is 3.29. The van der Waals surface area contributed by atoms with Crippen LogP contribution in [-0.4, -0.2) is 43.5 Å². The zero-order valence-electron chi connectivity index (χ0n) is 19.0. The second-order valence-electron chi connectivity index (χ2n) is 7.24. The molecule has 9 nitrogen and oxygen atoms in total. The number of methoxy groups -OCH3 is 2. The molecule has 2 amide bonds. The van der Waals surface area contributed by atoms with Crippen LogP contribution >= 0.6 is 11.3 Å². The Labute approximate surface area is 201 Å². The summed E-state index contributed by atoms with van der Waals surface area (Å²) >= 11 is 1.31. The smallest absolute Gasteiger partial charge is 0.325 e. The van der Waals surface area contributed by atoms with Crippen molar-refractivity contribution in [2.75, 3.05) is 26.1 Å². The van der Waals surface area contributed by atoms with Gasteiger partial charge in [0, 0.05) is 16.6 Å². The highest BCUT2D eigenvalue weighted by atomic mass is 32.1. The highest BCUT2D eigenvalue weighted by molar-refractivity contribution is 7.09. The molecule has 0 aliphatic rings. The van der Waals surface area contributed by atoms with E-state index in [0.717, 1.165) is 11.3 Å². The van der Waals surface area contributed by atoms with E-state index in [0.29, 0.717) is 27.8 Å². The maximum atomic E-state index is 12.3. The molecule has 0 bridgehead atoms. The van der Waals surface area contributed by atoms with Crippen LogP contribution in [0.2, 0.25) is 0 Å². The fourth-order valence-electron chi connectivity index (χ4n) is 2.91. The third-order valence-corrected chi connectivity index (χ3v) is 5.56. The van der Waals surface area contributed by atoms with Crippen LogP contribution in [0.15, 0.2) is 47.8 Å². The van der Waals surface area contributed by atoms with Crippen molar-refractivity contribution in [3.05, 3.63) is 69.7 Å². The Bertz CT molecular complexity index is 1160. The summed E-state index contributed by atoms with van der Waals surface area (Å²) in [5, 5.41) is 7.65. The van der Waals surface area contributed by atoms with Gasteiger partial charge in [-0.3, -0.25) is 14.4 Å². The van der Waals surface area contributed by atoms with Crippen LogP contribution in [0.1, 0.15) is 26.6 Å². The monoisotopic (exact) mass is 483 g/mol. The van der Waals surface area contributed by atoms with Crippen molar-refractivity contribution >= 4 is 34.8 Å². The molecular formula is C24H25N3O6S. The Hall–Kier alpha value is -3.92. The number of hydrogen-bond acceptors (Lipinski definition) is 8. The normalized spacial score (nSPS) is 10.3. The number of ether oxygens (including phenoxy) is 3. The molecule has 1 aromatic heterocycles. The van der Waals surface area contributed by atoms with Gasteiger partial charge in [0.25, 0.3) is 5.91 Å². The van der Waals surface area contributed by atoms with E-state index in [1.54, 1.807) is 17.5 Å². The van der Waals surface area contributed by atoms with Gasteiger partial charge in [-0.15, -0.1) is 11.3 Å². The molecule has 10 heteroatoms. The predicted molar refractivity (Wildman–Crippen MR) is 127 cm³/mol. The maximum Gasteiger partial charge on any atom is 0.325 e. The minimum Gasteiger partial charge on any atom is -0.493 e. The van der Waals surface area contributed by atoms with E-state index in [2.05, 4.69) is 15.6 Å². The number of carbonyl (C=O) groups excluding carboxylic acids is 3. The van der Waals surface area contributed by atoms with E-state index >= 15 is 0 Å². The van der Waals surface area contributed by atoms with Crippen LogP contribution in [-0.2, 0) is 27.4 Å². The van der Waals surface area contributed by atoms with Gasteiger partial charge in [0.05, 0.1) is 26.3 Å². The van der Waals surface area contributed by atoms with Crippen LogP contribution in [0.5, 0.6) is 11.5 Å². The van der Waals surface area contributed by atoms with Gasteiger partial charge in [-0.2, -0.15) is 0 Å². The van der Waals surface area contributed by atoms with Crippen LogP contribution < -0.4 is 20.1 Å². The number of aromatic nitrogens is 1. The quantitative estimate of drug-likeness (QED) is 0.426. The fourth-order valence-corrected chi connectivity index (χ4v) is 3.69. The first-order valence-electron chi connectivity index (χ1n) is 10.3. The fraction of sp³-hybridized carbons (Fsp3) is 0.250. The summed E-state index contributed by atoms with van der Waals surface area (Å²) in [5.41, 5.74) is 2.68. The number of nitrogens with one attached hydrogen (secondary N) is 2. The van der Waals surface area contributed by atoms with E-state index in [1.165, 1.54) is 31.6 Å². The average molecular weight is 484 g/mol. The lowest BCUT2D eigenvalue weighted by Crippen LogP contribution is -2.30. The Morgan fingerprint density at radius 1 is 1.00 bits per heavy atom. The number of carbonyl (C=O) groups is 3. The van der Waals surface area contributed by atoms with Crippen LogP contribution in [0, 0.1) is 6.92 Å². The van der Waals surface area contributed by atoms with E-state index in [-0.39, 0.29) is 25.5 Å². The van der Waals surface area contributed by atoms with Gasteiger partial charge in [0.2, 0.25) is 5.91 Å². The molecule has 0 aliphatic carbocycles. The number of nitrogens with zero attached hydrogens (tertiary/aromatic N) is 1. The minimum absolute atomic E-state index is 0.0544. The Balaban J connectivity index is 1.42. The predicted octanol–water partition coefficient (Wildman–Crippen LogP) is 3.12. The molecule has 0 saturated carbocycles. The van der Waals surface area contributed by atoms with E-state index in [9.17, 15) is 14.4 Å². The maximum absolute atomic E-state index is 12.3. The molecule has 3 aromatic rings. The molecule has 0 radical (unpaired) electrons. The first-order valence-corrected chi connectivity index (χ1v) is 11.2. The molecule has 0 fully saturated rings. The standard InChI is InChI=1S/C24H25N3O6S/c1-15-4-7-17(8-5-15)26-21(28)11-22-27-18(14-34-22)13-33-23(29)12-25-24(30)16-6-9-19(31-2)20(10-16)32-3/h4-10,14H,11-13H2,1-3H3,(H,25,30)(H,26,28). The van der Waals surface area contributed by atoms with Gasteiger partial charge in [-0.25, -0.2) is 4.98 Å². The van der Waals surface area contributed by atoms with Gasteiger partial charge in [0.15, 0.2) is 11.5 Å². The number of benzene rings is 2. The third-order valence-electron chi connectivity index (χ3n) is 4.67. The summed E-state index contributed by atoms with van der Waals surface area (Å²) in [4.78, 5) is 40.8. The summed E-state index contributed by atoms with van der Waals surface area (Å²) < 4.78 is 15.5. The van der Waals surface area contributed by atoms with Crippen molar-refractivity contribution in [3.63, 3.8) is 0 Å². The molecule has 3 rings (SSSR count). The summed E-state index contributed by atoms with van der Waals surface area (Å²) in [6, 6.07) is 12.2. The third kappa shape index (κ3) is 7.04. The second-order valence-corrected chi connectivity index (χ2v) is 8.18. The van der Waals surface area contributed by atoms with E-state index in [4.69, 9.17) is 14.2 Å². The Kier molecular flexibility index (Phi) is 8.58. The Morgan fingerprint density at radius 3 is 2.44 bits per heavy atom. The molecule has 0 aliphatic heterocycles. The van der Waals surface area contributed by atoms with E-state index in [1.807, 2.05) is 31.2 Å². The van der Waals surface area contributed by atoms with Gasteiger partial charge >= 0.3 is 5.97 Å². The number of hydrogen-bond donors (Lipinski definition) is 2. The molecule has 2 aromatic carbocycles.